The van der Waals surface area contributed by atoms with Gasteiger partial charge in [0, 0.05) is 17.3 Å². The first kappa shape index (κ1) is 14.1. The van der Waals surface area contributed by atoms with Gasteiger partial charge in [0.25, 0.3) is 0 Å². The van der Waals surface area contributed by atoms with Crippen LogP contribution in [0.2, 0.25) is 0 Å². The maximum atomic E-state index is 10.4. The Kier molecular flexibility index (Phi) is 3.96. The Balaban J connectivity index is 1.84. The van der Waals surface area contributed by atoms with Gasteiger partial charge in [-0.25, -0.2) is 0 Å². The van der Waals surface area contributed by atoms with Crippen molar-refractivity contribution in [3.63, 3.8) is 0 Å². The molecule has 1 aliphatic rings. The Bertz CT molecular complexity index is 704. The van der Waals surface area contributed by atoms with Crippen LogP contribution in [0.25, 0.3) is 0 Å². The van der Waals surface area contributed by atoms with Gasteiger partial charge in [0.05, 0.1) is 24.3 Å². The largest absolute Gasteiger partial charge is 0.493 e. The lowest BCUT2D eigenvalue weighted by Crippen LogP contribution is -2.03. The van der Waals surface area contributed by atoms with Crippen LogP contribution in [0.4, 0.5) is 0 Å². The second-order valence-electron chi connectivity index (χ2n) is 5.11. The third-order valence-corrected chi connectivity index (χ3v) is 4.12. The van der Waals surface area contributed by atoms with Crippen molar-refractivity contribution in [2.24, 2.45) is 0 Å². The molecule has 4 heteroatoms. The van der Waals surface area contributed by atoms with Gasteiger partial charge >= 0.3 is 0 Å². The molecule has 3 nitrogen and oxygen atoms in total. The number of nitriles is 1. The van der Waals surface area contributed by atoms with Crippen LogP contribution in [0, 0.1) is 11.3 Å². The average Bonchev–Trinajstić information content (AvgIpc) is 2.95. The summed E-state index contributed by atoms with van der Waals surface area (Å²) in [5, 5.41) is 19.2. The summed E-state index contributed by atoms with van der Waals surface area (Å²) in [4.78, 5) is 0. The van der Waals surface area contributed by atoms with E-state index in [0.717, 1.165) is 27.8 Å². The highest BCUT2D eigenvalue weighted by Gasteiger charge is 2.20. The minimum Gasteiger partial charge on any atom is -0.493 e. The van der Waals surface area contributed by atoms with E-state index in [-0.39, 0.29) is 0 Å². The second kappa shape index (κ2) is 5.88. The molecule has 0 aromatic heterocycles. The van der Waals surface area contributed by atoms with Gasteiger partial charge in [0.15, 0.2) is 0 Å². The summed E-state index contributed by atoms with van der Waals surface area (Å²) in [5.74, 6) is 0.908. The van der Waals surface area contributed by atoms with E-state index in [0.29, 0.717) is 18.6 Å². The molecule has 0 bridgehead atoms. The average molecular weight is 344 g/mol. The molecule has 2 aromatic carbocycles. The molecule has 3 rings (SSSR count). The van der Waals surface area contributed by atoms with Gasteiger partial charge in [0.1, 0.15) is 5.75 Å². The Labute approximate surface area is 131 Å². The zero-order valence-electron chi connectivity index (χ0n) is 11.3. The molecule has 1 unspecified atom stereocenters. The fourth-order valence-corrected chi connectivity index (χ4v) is 3.16. The summed E-state index contributed by atoms with van der Waals surface area (Å²) in [7, 11) is 0. The number of nitrogens with zero attached hydrogens (tertiary/aromatic N) is 1. The number of benzene rings is 2. The van der Waals surface area contributed by atoms with Crippen LogP contribution in [0.15, 0.2) is 40.9 Å². The fraction of sp³-hybridized carbons (Fsp3) is 0.235. The molecule has 0 aliphatic carbocycles. The van der Waals surface area contributed by atoms with E-state index in [4.69, 9.17) is 10.00 Å². The predicted molar refractivity (Wildman–Crippen MR) is 83.2 cm³/mol. The topological polar surface area (TPSA) is 53.2 Å². The summed E-state index contributed by atoms with van der Waals surface area (Å²) < 4.78 is 6.69. The number of hydrogen-bond acceptors (Lipinski definition) is 3. The molecule has 1 aliphatic heterocycles. The lowest BCUT2D eigenvalue weighted by Gasteiger charge is -2.14. The van der Waals surface area contributed by atoms with Crippen molar-refractivity contribution < 1.29 is 9.84 Å². The summed E-state index contributed by atoms with van der Waals surface area (Å²) >= 11 is 3.51. The van der Waals surface area contributed by atoms with E-state index >= 15 is 0 Å². The van der Waals surface area contributed by atoms with Crippen molar-refractivity contribution >= 4 is 15.9 Å². The molecule has 0 spiro atoms. The summed E-state index contributed by atoms with van der Waals surface area (Å²) in [6.07, 6.45) is 0.794. The smallest absolute Gasteiger partial charge is 0.125 e. The highest BCUT2D eigenvalue weighted by molar-refractivity contribution is 9.10. The molecule has 106 valence electrons. The predicted octanol–water partition coefficient (Wildman–Crippen LogP) is 3.53. The van der Waals surface area contributed by atoms with E-state index in [1.165, 1.54) is 5.56 Å². The SMILES string of the molecule is N#Cc1ccc(C(O)Cc2cc(Br)cc3c2OCC3)cc1. The molecule has 0 saturated carbocycles. The van der Waals surface area contributed by atoms with Gasteiger partial charge in [-0.1, -0.05) is 28.1 Å². The van der Waals surface area contributed by atoms with Crippen molar-refractivity contribution in [2.75, 3.05) is 6.61 Å². The van der Waals surface area contributed by atoms with Crippen LogP contribution >= 0.6 is 15.9 Å². The molecule has 0 radical (unpaired) electrons. The third kappa shape index (κ3) is 2.94. The van der Waals surface area contributed by atoms with Crippen molar-refractivity contribution in [3.8, 4) is 11.8 Å². The molecule has 1 N–H and O–H groups in total. The first-order chi connectivity index (χ1) is 10.2. The maximum absolute atomic E-state index is 10.4. The molecule has 0 fully saturated rings. The Hall–Kier alpha value is -1.83. The van der Waals surface area contributed by atoms with Crippen LogP contribution in [-0.2, 0) is 12.8 Å². The van der Waals surface area contributed by atoms with E-state index in [2.05, 4.69) is 28.1 Å². The molecule has 2 aromatic rings. The van der Waals surface area contributed by atoms with Gasteiger partial charge in [-0.05, 0) is 41.0 Å². The Morgan fingerprint density at radius 2 is 2.05 bits per heavy atom. The Morgan fingerprint density at radius 3 is 2.76 bits per heavy atom. The summed E-state index contributed by atoms with van der Waals surface area (Å²) in [6, 6.07) is 13.2. The molecule has 1 heterocycles. The fourth-order valence-electron chi connectivity index (χ4n) is 2.60. The lowest BCUT2D eigenvalue weighted by atomic mass is 9.98. The van der Waals surface area contributed by atoms with Crippen LogP contribution in [0.3, 0.4) is 0 Å². The number of ether oxygens (including phenoxy) is 1. The quantitative estimate of drug-likeness (QED) is 0.927. The van der Waals surface area contributed by atoms with Crippen molar-refractivity contribution in [2.45, 2.75) is 18.9 Å². The standard InChI is InChI=1S/C17H14BrNO2/c18-15-7-13-5-6-21-17(13)14(8-15)9-16(20)12-3-1-11(10-19)2-4-12/h1-4,7-8,16,20H,5-6,9H2. The van der Waals surface area contributed by atoms with E-state index < -0.39 is 6.10 Å². The number of rotatable bonds is 3. The van der Waals surface area contributed by atoms with Crippen LogP contribution in [0.1, 0.15) is 28.4 Å². The zero-order chi connectivity index (χ0) is 14.8. The maximum Gasteiger partial charge on any atom is 0.125 e. The van der Waals surface area contributed by atoms with Gasteiger partial charge in [0.2, 0.25) is 0 Å². The van der Waals surface area contributed by atoms with Crippen molar-refractivity contribution in [3.05, 3.63) is 63.1 Å². The lowest BCUT2D eigenvalue weighted by molar-refractivity contribution is 0.177. The number of fused-ring (bicyclic) bond motifs is 1. The van der Waals surface area contributed by atoms with Gasteiger partial charge in [-0.3, -0.25) is 0 Å². The second-order valence-corrected chi connectivity index (χ2v) is 6.02. The Morgan fingerprint density at radius 1 is 1.29 bits per heavy atom. The first-order valence-corrected chi connectivity index (χ1v) is 7.59. The van der Waals surface area contributed by atoms with E-state index in [9.17, 15) is 5.11 Å². The highest BCUT2D eigenvalue weighted by Crippen LogP contribution is 2.35. The van der Waals surface area contributed by atoms with Crippen LogP contribution in [-0.4, -0.2) is 11.7 Å². The molecule has 21 heavy (non-hydrogen) atoms. The number of hydrogen-bond donors (Lipinski definition) is 1. The van der Waals surface area contributed by atoms with Crippen LogP contribution < -0.4 is 4.74 Å². The van der Waals surface area contributed by atoms with Crippen molar-refractivity contribution in [1.29, 1.82) is 5.26 Å². The third-order valence-electron chi connectivity index (χ3n) is 3.66. The van der Waals surface area contributed by atoms with Crippen molar-refractivity contribution in [1.82, 2.24) is 0 Å². The minimum atomic E-state index is -0.611. The molecular weight excluding hydrogens is 330 g/mol. The number of aliphatic hydroxyl groups is 1. The van der Waals surface area contributed by atoms with E-state index in [1.54, 1.807) is 24.3 Å². The molecular formula is C17H14BrNO2. The van der Waals surface area contributed by atoms with Gasteiger partial charge < -0.3 is 9.84 Å². The number of aliphatic hydroxyl groups excluding tert-OH is 1. The number of halogens is 1. The summed E-state index contributed by atoms with van der Waals surface area (Å²) in [6.45, 7) is 0.700. The molecule has 0 amide bonds. The minimum absolute atomic E-state index is 0.494. The normalized spacial score (nSPS) is 14.1. The monoisotopic (exact) mass is 343 g/mol. The summed E-state index contributed by atoms with van der Waals surface area (Å²) in [5.41, 5.74) is 3.60. The van der Waals surface area contributed by atoms with Crippen LogP contribution in [0.5, 0.6) is 5.75 Å². The first-order valence-electron chi connectivity index (χ1n) is 6.79. The zero-order valence-corrected chi connectivity index (χ0v) is 12.9. The van der Waals surface area contributed by atoms with Gasteiger partial charge in [-0.15, -0.1) is 0 Å². The van der Waals surface area contributed by atoms with Gasteiger partial charge in [-0.2, -0.15) is 5.26 Å². The molecule has 1 atom stereocenters. The highest BCUT2D eigenvalue weighted by atomic mass is 79.9. The molecule has 0 saturated heterocycles. The van der Waals surface area contributed by atoms with E-state index in [1.807, 2.05) is 6.07 Å².